The minimum atomic E-state index is -4.43. The van der Waals surface area contributed by atoms with Gasteiger partial charge in [0, 0.05) is 11.4 Å². The fourth-order valence-electron chi connectivity index (χ4n) is 1.44. The third-order valence-electron chi connectivity index (χ3n) is 2.28. The van der Waals surface area contributed by atoms with E-state index in [0.717, 1.165) is 6.07 Å². The molecular formula is C10H13ClO5S. The largest absolute Gasteiger partial charge is 0.390 e. The van der Waals surface area contributed by atoms with Gasteiger partial charge in [0.2, 0.25) is 0 Å². The number of aliphatic hydroxyl groups is 2. The molecule has 0 aliphatic rings. The number of hydrogen-bond donors (Lipinski definition) is 3. The van der Waals surface area contributed by atoms with Crippen molar-refractivity contribution in [1.82, 2.24) is 0 Å². The standard InChI is InChI=1S/C10H13ClO5S/c11-6-5-8(12)10(13)7-3-1-2-4-9(7)17(14,15)16/h1-4,8,10,12-13H,5-6H2,(H,14,15,16). The number of halogens is 1. The summed E-state index contributed by atoms with van der Waals surface area (Å²) in [6, 6.07) is 5.39. The van der Waals surface area contributed by atoms with Crippen molar-refractivity contribution >= 4 is 21.7 Å². The summed E-state index contributed by atoms with van der Waals surface area (Å²) in [5.41, 5.74) is -0.0485. The molecule has 0 amide bonds. The Balaban J connectivity index is 3.14. The van der Waals surface area contributed by atoms with Crippen LogP contribution in [0.1, 0.15) is 18.1 Å². The Morgan fingerprint density at radius 1 is 1.24 bits per heavy atom. The maximum Gasteiger partial charge on any atom is 0.294 e. The lowest BCUT2D eigenvalue weighted by Crippen LogP contribution is -2.20. The number of aliphatic hydroxyl groups excluding tert-OH is 2. The van der Waals surface area contributed by atoms with Crippen molar-refractivity contribution in [2.45, 2.75) is 23.5 Å². The monoisotopic (exact) mass is 280 g/mol. The normalized spacial score (nSPS) is 15.5. The maximum absolute atomic E-state index is 11.1. The van der Waals surface area contributed by atoms with Crippen LogP contribution >= 0.6 is 11.6 Å². The third-order valence-corrected chi connectivity index (χ3v) is 3.43. The van der Waals surface area contributed by atoms with Crippen molar-refractivity contribution in [2.24, 2.45) is 0 Å². The van der Waals surface area contributed by atoms with Crippen molar-refractivity contribution in [3.05, 3.63) is 29.8 Å². The summed E-state index contributed by atoms with van der Waals surface area (Å²) < 4.78 is 31.1. The van der Waals surface area contributed by atoms with E-state index in [4.69, 9.17) is 16.2 Å². The van der Waals surface area contributed by atoms with E-state index >= 15 is 0 Å². The highest BCUT2D eigenvalue weighted by Crippen LogP contribution is 2.25. The molecule has 0 aliphatic heterocycles. The molecule has 0 bridgehead atoms. The van der Waals surface area contributed by atoms with Gasteiger partial charge in [-0.15, -0.1) is 11.6 Å². The lowest BCUT2D eigenvalue weighted by atomic mass is 10.0. The Kier molecular flexibility index (Phi) is 4.91. The van der Waals surface area contributed by atoms with Gasteiger partial charge in [0.05, 0.1) is 11.0 Å². The van der Waals surface area contributed by atoms with Crippen molar-refractivity contribution in [2.75, 3.05) is 5.88 Å². The van der Waals surface area contributed by atoms with E-state index in [2.05, 4.69) is 0 Å². The summed E-state index contributed by atoms with van der Waals surface area (Å²) in [5.74, 6) is 0.131. The molecule has 5 nitrogen and oxygen atoms in total. The van der Waals surface area contributed by atoms with E-state index in [1.165, 1.54) is 18.2 Å². The first-order valence-electron chi connectivity index (χ1n) is 4.86. The SMILES string of the molecule is O=S(=O)(O)c1ccccc1C(O)C(O)CCCl. The van der Waals surface area contributed by atoms with Crippen molar-refractivity contribution in [3.63, 3.8) is 0 Å². The Bertz CT molecular complexity index is 473. The summed E-state index contributed by atoms with van der Waals surface area (Å²) in [6.45, 7) is 0. The van der Waals surface area contributed by atoms with Crippen LogP contribution in [0.3, 0.4) is 0 Å². The molecule has 0 saturated carbocycles. The fraction of sp³-hybridized carbons (Fsp3) is 0.400. The molecule has 1 rings (SSSR count). The minimum Gasteiger partial charge on any atom is -0.390 e. The zero-order chi connectivity index (χ0) is 13.1. The highest BCUT2D eigenvalue weighted by molar-refractivity contribution is 7.85. The van der Waals surface area contributed by atoms with Gasteiger partial charge in [0.25, 0.3) is 10.1 Å². The average molecular weight is 281 g/mol. The van der Waals surface area contributed by atoms with E-state index in [-0.39, 0.29) is 17.9 Å². The van der Waals surface area contributed by atoms with Gasteiger partial charge in [-0.05, 0) is 12.5 Å². The predicted octanol–water partition coefficient (Wildman–Crippen LogP) is 0.956. The van der Waals surface area contributed by atoms with Crippen LogP contribution in [0.4, 0.5) is 0 Å². The predicted molar refractivity (Wildman–Crippen MR) is 62.6 cm³/mol. The lowest BCUT2D eigenvalue weighted by Gasteiger charge is -2.18. The van der Waals surface area contributed by atoms with Crippen LogP contribution < -0.4 is 0 Å². The molecule has 0 aromatic heterocycles. The van der Waals surface area contributed by atoms with Crippen LogP contribution in [0.15, 0.2) is 29.2 Å². The summed E-state index contributed by atoms with van der Waals surface area (Å²) >= 11 is 5.42. The summed E-state index contributed by atoms with van der Waals surface area (Å²) in [6.07, 6.45) is -2.48. The molecule has 0 spiro atoms. The second-order valence-electron chi connectivity index (χ2n) is 3.50. The molecule has 96 valence electrons. The van der Waals surface area contributed by atoms with E-state index < -0.39 is 27.2 Å². The van der Waals surface area contributed by atoms with Crippen LogP contribution in [-0.4, -0.2) is 35.2 Å². The zero-order valence-corrected chi connectivity index (χ0v) is 10.4. The van der Waals surface area contributed by atoms with E-state index in [0.29, 0.717) is 0 Å². The molecule has 17 heavy (non-hydrogen) atoms. The maximum atomic E-state index is 11.1. The smallest absolute Gasteiger partial charge is 0.294 e. The fourth-order valence-corrected chi connectivity index (χ4v) is 2.40. The van der Waals surface area contributed by atoms with E-state index in [9.17, 15) is 18.6 Å². The zero-order valence-electron chi connectivity index (χ0n) is 8.82. The molecule has 1 aromatic carbocycles. The topological polar surface area (TPSA) is 94.8 Å². The highest BCUT2D eigenvalue weighted by Gasteiger charge is 2.24. The average Bonchev–Trinajstić information content (AvgIpc) is 2.27. The van der Waals surface area contributed by atoms with Crippen molar-refractivity contribution < 1.29 is 23.2 Å². The quantitative estimate of drug-likeness (QED) is 0.551. The Morgan fingerprint density at radius 3 is 2.35 bits per heavy atom. The Morgan fingerprint density at radius 2 is 1.82 bits per heavy atom. The molecule has 3 N–H and O–H groups in total. The third kappa shape index (κ3) is 3.65. The van der Waals surface area contributed by atoms with E-state index in [1.54, 1.807) is 0 Å². The van der Waals surface area contributed by atoms with Gasteiger partial charge in [-0.2, -0.15) is 8.42 Å². The van der Waals surface area contributed by atoms with Gasteiger partial charge in [-0.25, -0.2) is 0 Å². The van der Waals surface area contributed by atoms with Crippen LogP contribution in [0.5, 0.6) is 0 Å². The number of hydrogen-bond acceptors (Lipinski definition) is 4. The van der Waals surface area contributed by atoms with Gasteiger partial charge in [0.1, 0.15) is 6.10 Å². The second-order valence-corrected chi connectivity index (χ2v) is 5.27. The van der Waals surface area contributed by atoms with Crippen LogP contribution in [0.2, 0.25) is 0 Å². The number of rotatable bonds is 5. The molecule has 0 aliphatic carbocycles. The Hall–Kier alpha value is -0.660. The molecule has 1 aromatic rings. The van der Waals surface area contributed by atoms with Crippen molar-refractivity contribution in [3.8, 4) is 0 Å². The summed E-state index contributed by atoms with van der Waals surface area (Å²) in [7, 11) is -4.43. The lowest BCUT2D eigenvalue weighted by molar-refractivity contribution is 0.0153. The van der Waals surface area contributed by atoms with Gasteiger partial charge in [-0.1, -0.05) is 18.2 Å². The van der Waals surface area contributed by atoms with Crippen LogP contribution in [0, 0.1) is 0 Å². The molecule has 2 unspecified atom stereocenters. The highest BCUT2D eigenvalue weighted by atomic mass is 35.5. The molecule has 7 heteroatoms. The first-order chi connectivity index (χ1) is 7.88. The molecule has 0 fully saturated rings. The minimum absolute atomic E-state index is 0.0485. The first-order valence-corrected chi connectivity index (χ1v) is 6.84. The van der Waals surface area contributed by atoms with Gasteiger partial charge < -0.3 is 10.2 Å². The van der Waals surface area contributed by atoms with Crippen molar-refractivity contribution in [1.29, 1.82) is 0 Å². The molecule has 0 radical (unpaired) electrons. The van der Waals surface area contributed by atoms with Gasteiger partial charge in [-0.3, -0.25) is 4.55 Å². The second kappa shape index (κ2) is 5.79. The molecular weight excluding hydrogens is 268 g/mol. The molecule has 2 atom stereocenters. The number of benzene rings is 1. The van der Waals surface area contributed by atoms with Gasteiger partial charge in [0.15, 0.2) is 0 Å². The van der Waals surface area contributed by atoms with Crippen LogP contribution in [0.25, 0.3) is 0 Å². The van der Waals surface area contributed by atoms with Crippen LogP contribution in [-0.2, 0) is 10.1 Å². The summed E-state index contributed by atoms with van der Waals surface area (Å²) in [4.78, 5) is -0.416. The Labute approximate surface area is 104 Å². The number of alkyl halides is 1. The molecule has 0 heterocycles. The van der Waals surface area contributed by atoms with E-state index in [1.807, 2.05) is 0 Å². The molecule has 0 saturated heterocycles. The summed E-state index contributed by atoms with van der Waals surface area (Å²) in [5, 5.41) is 19.3. The first kappa shape index (κ1) is 14.4. The van der Waals surface area contributed by atoms with Gasteiger partial charge >= 0.3 is 0 Å².